The molecule has 2 aromatic heterocycles. The Kier molecular flexibility index (Phi) is 6.75. The Bertz CT molecular complexity index is 1270. The number of hydrogen-bond donors (Lipinski definition) is 0. The Morgan fingerprint density at radius 2 is 1.55 bits per heavy atom. The van der Waals surface area contributed by atoms with Crippen LogP contribution in [0.15, 0.2) is 103 Å². The molecule has 2 heteroatoms. The number of aryl methyl sites for hydroxylation is 1. The maximum Gasteiger partial charge on any atom is 0.148 e. The summed E-state index contributed by atoms with van der Waals surface area (Å²) in [4.78, 5) is 0. The van der Waals surface area contributed by atoms with Gasteiger partial charge in [0, 0.05) is 32.7 Å². The molecule has 5 aromatic rings. The molecule has 0 aliphatic heterocycles. The van der Waals surface area contributed by atoms with Crippen LogP contribution in [-0.4, -0.2) is 0 Å². The molecular formula is C29H24NY-. The van der Waals surface area contributed by atoms with Crippen molar-refractivity contribution in [2.45, 2.75) is 13.3 Å². The normalized spacial score (nSPS) is 11.5. The molecule has 0 aliphatic carbocycles. The van der Waals surface area contributed by atoms with Crippen molar-refractivity contribution in [3.8, 4) is 0 Å². The monoisotopic (exact) mass is 475 g/mol. The topological polar surface area (TPSA) is 4.10 Å². The Hall–Kier alpha value is -2.61. The molecule has 0 bridgehead atoms. The molecule has 0 saturated heterocycles. The zero-order valence-electron chi connectivity index (χ0n) is 17.7. The van der Waals surface area contributed by atoms with Crippen LogP contribution >= 0.6 is 0 Å². The summed E-state index contributed by atoms with van der Waals surface area (Å²) in [5.41, 5.74) is 7.59. The van der Waals surface area contributed by atoms with E-state index < -0.39 is 0 Å². The van der Waals surface area contributed by atoms with Crippen LogP contribution in [-0.2, 0) is 32.7 Å². The van der Waals surface area contributed by atoms with Crippen LogP contribution < -0.4 is 4.40 Å². The largest absolute Gasteiger partial charge is 0.247 e. The summed E-state index contributed by atoms with van der Waals surface area (Å²) in [6, 6.07) is 34.5. The van der Waals surface area contributed by atoms with Crippen molar-refractivity contribution >= 4 is 27.9 Å². The summed E-state index contributed by atoms with van der Waals surface area (Å²) in [5.74, 6) is 0. The number of pyridine rings is 1. The third kappa shape index (κ3) is 4.54. The third-order valence-electron chi connectivity index (χ3n) is 5.69. The molecule has 1 nitrogen and oxygen atoms in total. The summed E-state index contributed by atoms with van der Waals surface area (Å²) < 4.78 is 2.31. The Balaban J connectivity index is 0.00000231. The quantitative estimate of drug-likeness (QED) is 0.195. The van der Waals surface area contributed by atoms with E-state index >= 15 is 0 Å². The van der Waals surface area contributed by atoms with Crippen LogP contribution in [0.1, 0.15) is 28.8 Å². The third-order valence-corrected chi connectivity index (χ3v) is 5.69. The van der Waals surface area contributed by atoms with Crippen LogP contribution in [0.4, 0.5) is 0 Å². The fraction of sp³-hybridized carbons (Fsp3) is 0.0690. The van der Waals surface area contributed by atoms with E-state index in [1.54, 1.807) is 0 Å². The molecule has 0 saturated carbocycles. The number of benzene rings is 3. The van der Waals surface area contributed by atoms with E-state index in [4.69, 9.17) is 0 Å². The van der Waals surface area contributed by atoms with E-state index in [1.165, 1.54) is 44.2 Å². The fourth-order valence-corrected chi connectivity index (χ4v) is 4.09. The second-order valence-electron chi connectivity index (χ2n) is 7.74. The van der Waals surface area contributed by atoms with Crippen molar-refractivity contribution in [3.63, 3.8) is 0 Å². The van der Waals surface area contributed by atoms with Gasteiger partial charge >= 0.3 is 0 Å². The van der Waals surface area contributed by atoms with Gasteiger partial charge in [0.1, 0.15) is 17.4 Å². The molecule has 1 radical (unpaired) electrons. The molecule has 0 atom stereocenters. The Morgan fingerprint density at radius 3 is 2.35 bits per heavy atom. The first kappa shape index (κ1) is 21.6. The van der Waals surface area contributed by atoms with E-state index in [0.29, 0.717) is 0 Å². The SMILES string of the molecule is Cc1ccc([CH-]C/C(=C\[c-]2c3ccccc3c3cccc[n+]32)c2ccccc2)cc1.[Y]. The van der Waals surface area contributed by atoms with Gasteiger partial charge in [-0.3, -0.25) is 0 Å². The van der Waals surface area contributed by atoms with E-state index in [9.17, 15) is 0 Å². The summed E-state index contributed by atoms with van der Waals surface area (Å²) >= 11 is 0. The molecule has 149 valence electrons. The molecule has 0 N–H and O–H groups in total. The summed E-state index contributed by atoms with van der Waals surface area (Å²) in [6.45, 7) is 2.13. The van der Waals surface area contributed by atoms with Gasteiger partial charge in [-0.2, -0.15) is 24.1 Å². The fourth-order valence-electron chi connectivity index (χ4n) is 4.09. The van der Waals surface area contributed by atoms with Crippen molar-refractivity contribution in [2.24, 2.45) is 0 Å². The second-order valence-corrected chi connectivity index (χ2v) is 7.74. The molecule has 3 aromatic carbocycles. The van der Waals surface area contributed by atoms with E-state index in [1.807, 2.05) is 0 Å². The first-order valence-corrected chi connectivity index (χ1v) is 10.4. The van der Waals surface area contributed by atoms with Gasteiger partial charge in [-0.15, -0.1) is 18.2 Å². The van der Waals surface area contributed by atoms with Crippen LogP contribution in [0.5, 0.6) is 0 Å². The summed E-state index contributed by atoms with van der Waals surface area (Å²) in [6.07, 6.45) is 7.71. The Morgan fingerprint density at radius 1 is 0.839 bits per heavy atom. The second kappa shape index (κ2) is 9.68. The maximum atomic E-state index is 2.36. The molecule has 0 fully saturated rings. The van der Waals surface area contributed by atoms with E-state index in [2.05, 4.69) is 127 Å². The molecule has 0 aliphatic rings. The first-order valence-electron chi connectivity index (χ1n) is 10.4. The predicted molar refractivity (Wildman–Crippen MR) is 126 cm³/mol. The van der Waals surface area contributed by atoms with Crippen LogP contribution in [0.3, 0.4) is 0 Å². The maximum absolute atomic E-state index is 2.36. The summed E-state index contributed by atoms with van der Waals surface area (Å²) in [7, 11) is 0. The molecule has 0 spiro atoms. The van der Waals surface area contributed by atoms with Gasteiger partial charge in [0.2, 0.25) is 0 Å². The molecular weight excluding hydrogens is 451 g/mol. The zero-order valence-corrected chi connectivity index (χ0v) is 20.5. The Labute approximate surface area is 209 Å². The van der Waals surface area contributed by atoms with Crippen LogP contribution in [0, 0.1) is 13.3 Å². The zero-order chi connectivity index (χ0) is 20.3. The van der Waals surface area contributed by atoms with Crippen molar-refractivity contribution in [3.05, 3.63) is 132 Å². The minimum Gasteiger partial charge on any atom is -0.247 e. The number of rotatable bonds is 5. The van der Waals surface area contributed by atoms with Gasteiger partial charge < -0.3 is 0 Å². The van der Waals surface area contributed by atoms with Crippen molar-refractivity contribution in [1.82, 2.24) is 0 Å². The van der Waals surface area contributed by atoms with Gasteiger partial charge in [-0.05, 0) is 35.9 Å². The van der Waals surface area contributed by atoms with Crippen LogP contribution in [0.25, 0.3) is 27.9 Å². The predicted octanol–water partition coefficient (Wildman–Crippen LogP) is 6.79. The average Bonchev–Trinajstić information content (AvgIpc) is 3.12. The van der Waals surface area contributed by atoms with Crippen molar-refractivity contribution in [2.75, 3.05) is 0 Å². The number of nitrogens with zero attached hydrogens (tertiary/aromatic N) is 1. The van der Waals surface area contributed by atoms with E-state index in [0.717, 1.165) is 6.42 Å². The molecule has 2 heterocycles. The number of hydrogen-bond acceptors (Lipinski definition) is 0. The van der Waals surface area contributed by atoms with Crippen molar-refractivity contribution in [1.29, 1.82) is 0 Å². The first-order chi connectivity index (χ1) is 14.8. The average molecular weight is 475 g/mol. The van der Waals surface area contributed by atoms with Gasteiger partial charge in [-0.1, -0.05) is 77.7 Å². The molecule has 5 rings (SSSR count). The number of aromatic nitrogens is 1. The van der Waals surface area contributed by atoms with Gasteiger partial charge in [-0.25, -0.2) is 4.40 Å². The van der Waals surface area contributed by atoms with E-state index in [-0.39, 0.29) is 32.7 Å². The minimum absolute atomic E-state index is 0. The smallest absolute Gasteiger partial charge is 0.148 e. The number of allylic oxidation sites excluding steroid dienone is 1. The summed E-state index contributed by atoms with van der Waals surface area (Å²) in [5, 5.41) is 2.58. The molecule has 0 unspecified atom stereocenters. The van der Waals surface area contributed by atoms with Crippen LogP contribution in [0.2, 0.25) is 0 Å². The van der Waals surface area contributed by atoms with Gasteiger partial charge in [0.25, 0.3) is 0 Å². The molecule has 31 heavy (non-hydrogen) atoms. The van der Waals surface area contributed by atoms with Gasteiger partial charge in [0.15, 0.2) is 0 Å². The number of fused-ring (bicyclic) bond motifs is 3. The molecule has 0 amide bonds. The van der Waals surface area contributed by atoms with Gasteiger partial charge in [0.05, 0.1) is 0 Å². The van der Waals surface area contributed by atoms with Crippen molar-refractivity contribution < 1.29 is 37.1 Å². The standard InChI is InChI=1S/C29H24N.Y/c1-22-14-16-23(17-15-22)18-19-25(24-9-3-2-4-10-24)21-29-27-12-6-5-11-26(27)28-13-7-8-20-30(28)29;/h2-18,20-21H,19H2,1H3;/q-1;/b25-21+;. The minimum atomic E-state index is 0.